The first kappa shape index (κ1) is 20.5. The normalized spacial score (nSPS) is 27.6. The molecule has 158 valence electrons. The van der Waals surface area contributed by atoms with E-state index < -0.39 is 46.8 Å². The van der Waals surface area contributed by atoms with Gasteiger partial charge >= 0.3 is 15.6 Å². The first-order valence-electron chi connectivity index (χ1n) is 7.96. The highest BCUT2D eigenvalue weighted by molar-refractivity contribution is 7.60. The zero-order valence-electron chi connectivity index (χ0n) is 14.2. The van der Waals surface area contributed by atoms with Crippen LogP contribution in [-0.2, 0) is 22.7 Å². The second-order valence-corrected chi connectivity index (χ2v) is 8.94. The van der Waals surface area contributed by atoms with Crippen molar-refractivity contribution in [1.29, 1.82) is 0 Å². The van der Waals surface area contributed by atoms with Crippen LogP contribution in [0, 0.1) is 0 Å². The van der Waals surface area contributed by atoms with Crippen LogP contribution in [0.25, 0.3) is 16.8 Å². The largest absolute Gasteiger partial charge is 0.481 e. The number of phosphoric acid groups is 2. The summed E-state index contributed by atoms with van der Waals surface area (Å²) in [4.78, 5) is 39.1. The zero-order valence-corrected chi connectivity index (χ0v) is 16.0. The Morgan fingerprint density at radius 3 is 2.55 bits per heavy atom. The van der Waals surface area contributed by atoms with Crippen molar-refractivity contribution in [2.45, 2.75) is 24.5 Å². The SMILES string of the molecule is O=P(O)(O)OP(=O)(O)OC[C@H]1O[C@@H](n2cnc3c2ncn2ccnc32)[C@H](O)[C@@H]1O. The fraction of sp³-hybridized carbons (Fsp3) is 0.417. The zero-order chi connectivity index (χ0) is 21.0. The smallest absolute Gasteiger partial charge is 0.387 e. The number of hydrogen-bond donors (Lipinski definition) is 5. The molecule has 5 N–H and O–H groups in total. The minimum absolute atomic E-state index is 0.305. The van der Waals surface area contributed by atoms with Crippen LogP contribution in [0.4, 0.5) is 0 Å². The number of aliphatic hydroxyl groups excluding tert-OH is 2. The van der Waals surface area contributed by atoms with Gasteiger partial charge in [0, 0.05) is 12.4 Å². The highest BCUT2D eigenvalue weighted by atomic mass is 31.3. The second kappa shape index (κ2) is 7.18. The Morgan fingerprint density at radius 1 is 1.07 bits per heavy atom. The molecule has 0 aliphatic carbocycles. The molecule has 5 atom stereocenters. The Labute approximate surface area is 161 Å². The van der Waals surface area contributed by atoms with E-state index in [1.165, 1.54) is 17.2 Å². The first-order valence-corrected chi connectivity index (χ1v) is 11.0. The Balaban J connectivity index is 1.54. The van der Waals surface area contributed by atoms with Crippen molar-refractivity contribution in [3.05, 3.63) is 25.0 Å². The second-order valence-electron chi connectivity index (χ2n) is 6.11. The molecule has 29 heavy (non-hydrogen) atoms. The summed E-state index contributed by atoms with van der Waals surface area (Å²) in [5, 5.41) is 20.5. The van der Waals surface area contributed by atoms with Crippen LogP contribution in [-0.4, -0.2) is 73.7 Å². The topological polar surface area (TPSA) is 211 Å². The lowest BCUT2D eigenvalue weighted by Gasteiger charge is -2.17. The number of hydrogen-bond acceptors (Lipinski definition) is 10. The van der Waals surface area contributed by atoms with E-state index in [1.54, 1.807) is 16.8 Å². The molecule has 1 unspecified atom stereocenters. The third-order valence-electron chi connectivity index (χ3n) is 4.18. The molecule has 4 heterocycles. The minimum Gasteiger partial charge on any atom is -0.387 e. The minimum atomic E-state index is -5.29. The van der Waals surface area contributed by atoms with E-state index in [9.17, 15) is 24.2 Å². The molecular formula is C12H15N5O10P2. The van der Waals surface area contributed by atoms with Gasteiger partial charge in [0.25, 0.3) is 0 Å². The van der Waals surface area contributed by atoms with Crippen molar-refractivity contribution in [2.75, 3.05) is 6.61 Å². The Kier molecular flexibility index (Phi) is 5.07. The lowest BCUT2D eigenvalue weighted by molar-refractivity contribution is -0.0503. The van der Waals surface area contributed by atoms with E-state index in [0.29, 0.717) is 16.8 Å². The molecule has 0 bridgehead atoms. The van der Waals surface area contributed by atoms with Crippen molar-refractivity contribution in [3.8, 4) is 0 Å². The number of rotatable bonds is 6. The van der Waals surface area contributed by atoms with Gasteiger partial charge in [0.1, 0.15) is 24.6 Å². The lowest BCUT2D eigenvalue weighted by Crippen LogP contribution is -2.33. The maximum Gasteiger partial charge on any atom is 0.481 e. The van der Waals surface area contributed by atoms with E-state index in [1.807, 2.05) is 0 Å². The number of imidazole rings is 2. The number of aromatic nitrogens is 5. The highest BCUT2D eigenvalue weighted by Crippen LogP contribution is 2.57. The molecule has 1 aliphatic heterocycles. The molecule has 0 amide bonds. The number of ether oxygens (including phenoxy) is 1. The van der Waals surface area contributed by atoms with Gasteiger partial charge in [-0.25, -0.2) is 24.1 Å². The number of phosphoric ester groups is 1. The summed E-state index contributed by atoms with van der Waals surface area (Å²) >= 11 is 0. The van der Waals surface area contributed by atoms with Gasteiger partial charge in [0.05, 0.1) is 12.9 Å². The van der Waals surface area contributed by atoms with Crippen LogP contribution in [0.1, 0.15) is 6.23 Å². The summed E-state index contributed by atoms with van der Waals surface area (Å²) < 4.78 is 38.8. The van der Waals surface area contributed by atoms with Crippen LogP contribution in [0.2, 0.25) is 0 Å². The summed E-state index contributed by atoms with van der Waals surface area (Å²) in [6.45, 7) is -0.799. The number of nitrogens with zero attached hydrogens (tertiary/aromatic N) is 5. The van der Waals surface area contributed by atoms with Gasteiger partial charge < -0.3 is 29.6 Å². The van der Waals surface area contributed by atoms with Crippen LogP contribution in [0.5, 0.6) is 0 Å². The molecule has 0 aromatic carbocycles. The molecule has 3 aromatic heterocycles. The Bertz CT molecular complexity index is 1140. The number of aliphatic hydroxyl groups is 2. The molecular weight excluding hydrogens is 436 g/mol. The molecule has 3 aromatic rings. The maximum absolute atomic E-state index is 11.5. The molecule has 0 saturated carbocycles. The fourth-order valence-corrected chi connectivity index (χ4v) is 4.55. The van der Waals surface area contributed by atoms with Crippen LogP contribution in [0.3, 0.4) is 0 Å². The van der Waals surface area contributed by atoms with Gasteiger partial charge in [-0.2, -0.15) is 4.31 Å². The third-order valence-corrected chi connectivity index (χ3v) is 6.33. The summed E-state index contributed by atoms with van der Waals surface area (Å²) in [7, 11) is -10.4. The van der Waals surface area contributed by atoms with Gasteiger partial charge in [0.2, 0.25) is 0 Å². The molecule has 1 aliphatic rings. The number of fused-ring (bicyclic) bond motifs is 3. The molecule has 4 rings (SSSR count). The molecule has 1 saturated heterocycles. The fourth-order valence-electron chi connectivity index (χ4n) is 2.96. The van der Waals surface area contributed by atoms with Crippen molar-refractivity contribution >= 4 is 32.5 Å². The van der Waals surface area contributed by atoms with Gasteiger partial charge in [0.15, 0.2) is 23.0 Å². The van der Waals surface area contributed by atoms with E-state index >= 15 is 0 Å². The molecule has 0 spiro atoms. The van der Waals surface area contributed by atoms with Gasteiger partial charge in [-0.1, -0.05) is 0 Å². The van der Waals surface area contributed by atoms with Gasteiger partial charge in [-0.15, -0.1) is 0 Å². The summed E-state index contributed by atoms with van der Waals surface area (Å²) in [5.74, 6) is 0. The molecule has 1 fully saturated rings. The average molecular weight is 451 g/mol. The van der Waals surface area contributed by atoms with E-state index in [0.717, 1.165) is 0 Å². The quantitative estimate of drug-likeness (QED) is 0.283. The highest BCUT2D eigenvalue weighted by Gasteiger charge is 2.46. The third kappa shape index (κ3) is 3.98. The standard InChI is InChI=1S/C12H15N5O10P2/c18-8-6(3-25-29(23,24)27-28(20,21)22)26-12(9(8)19)17-5-14-7-10-13-1-2-16(10)4-15-11(7)17/h1-2,4-6,8-9,12,18-19H,3H2,(H,23,24)(H2,20,21,22)/t6-,8-,9-,12-/m1/s1. The predicted octanol–water partition coefficient (Wildman–Crippen LogP) is -1.08. The van der Waals surface area contributed by atoms with Gasteiger partial charge in [-0.3, -0.25) is 13.5 Å². The van der Waals surface area contributed by atoms with Crippen LogP contribution in [0.15, 0.2) is 25.0 Å². The van der Waals surface area contributed by atoms with Crippen molar-refractivity contribution in [2.24, 2.45) is 0 Å². The summed E-state index contributed by atoms with van der Waals surface area (Å²) in [6.07, 6.45) is 0.499. The van der Waals surface area contributed by atoms with Gasteiger partial charge in [-0.05, 0) is 0 Å². The van der Waals surface area contributed by atoms with E-state index in [4.69, 9.17) is 14.5 Å². The average Bonchev–Trinajstić information content (AvgIpc) is 3.29. The molecule has 0 radical (unpaired) electrons. The first-order chi connectivity index (χ1) is 13.6. The van der Waals surface area contributed by atoms with Crippen LogP contribution < -0.4 is 0 Å². The Morgan fingerprint density at radius 2 is 1.83 bits per heavy atom. The monoisotopic (exact) mass is 451 g/mol. The molecule has 17 heteroatoms. The molecule has 15 nitrogen and oxygen atoms in total. The summed E-state index contributed by atoms with van der Waals surface area (Å²) in [5.41, 5.74) is 1.23. The van der Waals surface area contributed by atoms with Crippen molar-refractivity contribution in [1.82, 2.24) is 23.9 Å². The van der Waals surface area contributed by atoms with E-state index in [-0.39, 0.29) is 0 Å². The Hall–Kier alpha value is -1.77. The summed E-state index contributed by atoms with van der Waals surface area (Å²) in [6, 6.07) is 0. The maximum atomic E-state index is 11.5. The van der Waals surface area contributed by atoms with Crippen molar-refractivity contribution < 1.29 is 47.6 Å². The van der Waals surface area contributed by atoms with Crippen molar-refractivity contribution in [3.63, 3.8) is 0 Å². The van der Waals surface area contributed by atoms with Crippen LogP contribution >= 0.6 is 15.6 Å². The predicted molar refractivity (Wildman–Crippen MR) is 91.1 cm³/mol. The van der Waals surface area contributed by atoms with E-state index in [2.05, 4.69) is 23.8 Å². The lowest BCUT2D eigenvalue weighted by atomic mass is 10.1.